The number of hydrogen-bond acceptors (Lipinski definition) is 9. The van der Waals surface area contributed by atoms with Gasteiger partial charge in [-0.05, 0) is 51.1 Å². The molecule has 0 saturated carbocycles. The number of morpholine rings is 1. The Kier molecular flexibility index (Phi) is 9.37. The number of aromatic nitrogens is 4. The number of ether oxygens (including phenoxy) is 3. The predicted octanol–water partition coefficient (Wildman–Crippen LogP) is 5.02. The van der Waals surface area contributed by atoms with Gasteiger partial charge in [0.15, 0.2) is 0 Å². The van der Waals surface area contributed by atoms with E-state index >= 15 is 0 Å². The number of methoxy groups -OCH3 is 1. The number of amides is 2. The highest BCUT2D eigenvalue weighted by Gasteiger charge is 2.36. The topological polar surface area (TPSA) is 146 Å². The highest BCUT2D eigenvalue weighted by molar-refractivity contribution is 6.30. The third kappa shape index (κ3) is 6.43. The van der Waals surface area contributed by atoms with Crippen LogP contribution >= 0.6 is 11.6 Å². The van der Waals surface area contributed by atoms with Gasteiger partial charge >= 0.3 is 6.18 Å². The molecule has 244 valence electrons. The summed E-state index contributed by atoms with van der Waals surface area (Å²) in [6.45, 7) is 5.88. The standard InChI is InChI=1S/C30H31ClF3N7O5/c1-5-45-20-10-17(28(42)38-23-11-18(8-9-36-23)30(32,33)34)6-7-19(20)24-25-26(35)37-12-22(31)41(25)27(39-24)21-13-40(15(2)14-46-21)29(43)16(3)44-4/h6-12,15-16,21H,5,13-14H2,1-4H3,(H2,35,37)(H,36,38,42)/t15-,16-,21+/m0/s1. The van der Waals surface area contributed by atoms with Crippen LogP contribution in [-0.4, -0.2) is 75.1 Å². The van der Waals surface area contributed by atoms with Gasteiger partial charge in [0, 0.05) is 24.4 Å². The molecule has 16 heteroatoms. The zero-order valence-electron chi connectivity index (χ0n) is 25.3. The molecular formula is C30H31ClF3N7O5. The largest absolute Gasteiger partial charge is 0.493 e. The van der Waals surface area contributed by atoms with Crippen molar-refractivity contribution in [2.24, 2.45) is 0 Å². The molecule has 4 aromatic rings. The molecule has 4 heterocycles. The van der Waals surface area contributed by atoms with E-state index in [9.17, 15) is 22.8 Å². The first kappa shape index (κ1) is 32.9. The number of imidazole rings is 1. The lowest BCUT2D eigenvalue weighted by Gasteiger charge is -2.38. The lowest BCUT2D eigenvalue weighted by atomic mass is 10.1. The number of fused-ring (bicyclic) bond motifs is 1. The van der Waals surface area contributed by atoms with Gasteiger partial charge in [-0.3, -0.25) is 14.0 Å². The summed E-state index contributed by atoms with van der Waals surface area (Å²) in [4.78, 5) is 40.7. The van der Waals surface area contributed by atoms with E-state index in [-0.39, 0.29) is 59.8 Å². The van der Waals surface area contributed by atoms with Crippen molar-refractivity contribution < 1.29 is 37.0 Å². The Morgan fingerprint density at radius 2 is 2.00 bits per heavy atom. The molecule has 0 spiro atoms. The van der Waals surface area contributed by atoms with Gasteiger partial charge in [0.2, 0.25) is 0 Å². The monoisotopic (exact) mass is 661 g/mol. The van der Waals surface area contributed by atoms with Crippen LogP contribution in [0.5, 0.6) is 5.75 Å². The van der Waals surface area contributed by atoms with Crippen molar-refractivity contribution in [2.75, 3.05) is 37.9 Å². The lowest BCUT2D eigenvalue weighted by molar-refractivity contribution is -0.154. The smallest absolute Gasteiger partial charge is 0.416 e. The Bertz CT molecular complexity index is 1780. The van der Waals surface area contributed by atoms with E-state index < -0.39 is 29.9 Å². The normalized spacial score (nSPS) is 17.6. The van der Waals surface area contributed by atoms with E-state index in [1.54, 1.807) is 29.2 Å². The highest BCUT2D eigenvalue weighted by Crippen LogP contribution is 2.39. The number of nitrogens with zero attached hydrogens (tertiary/aromatic N) is 5. The second-order valence-corrected chi connectivity index (χ2v) is 10.9. The van der Waals surface area contributed by atoms with Crippen LogP contribution < -0.4 is 15.8 Å². The second kappa shape index (κ2) is 13.1. The minimum atomic E-state index is -4.60. The number of anilines is 2. The number of carbonyl (C=O) groups is 2. The molecule has 0 unspecified atom stereocenters. The van der Waals surface area contributed by atoms with Crippen LogP contribution in [0.1, 0.15) is 48.6 Å². The van der Waals surface area contributed by atoms with Crippen LogP contribution in [0, 0.1) is 0 Å². The summed E-state index contributed by atoms with van der Waals surface area (Å²) < 4.78 is 58.3. The minimum Gasteiger partial charge on any atom is -0.493 e. The van der Waals surface area contributed by atoms with Crippen molar-refractivity contribution >= 4 is 40.6 Å². The van der Waals surface area contributed by atoms with E-state index in [1.807, 2.05) is 6.92 Å². The number of pyridine rings is 1. The number of nitrogen functional groups attached to an aromatic ring is 1. The summed E-state index contributed by atoms with van der Waals surface area (Å²) in [5, 5.41) is 2.58. The van der Waals surface area contributed by atoms with E-state index in [4.69, 9.17) is 36.5 Å². The SMILES string of the molecule is CCOc1cc(C(=O)Nc2cc(C(F)(F)F)ccn2)ccc1-c1nc([C@H]2CN(C(=O)[C@H](C)OC)[C@@H](C)CO2)n2c(Cl)cnc(N)c12. The molecule has 2 amide bonds. The molecule has 1 aromatic carbocycles. The fourth-order valence-electron chi connectivity index (χ4n) is 5.09. The summed E-state index contributed by atoms with van der Waals surface area (Å²) in [6.07, 6.45) is -3.63. The number of hydrogen-bond donors (Lipinski definition) is 2. The third-order valence-electron chi connectivity index (χ3n) is 7.50. The van der Waals surface area contributed by atoms with E-state index in [0.717, 1.165) is 18.3 Å². The van der Waals surface area contributed by atoms with Gasteiger partial charge in [0.05, 0.1) is 37.6 Å². The molecule has 0 radical (unpaired) electrons. The molecule has 12 nitrogen and oxygen atoms in total. The first-order chi connectivity index (χ1) is 21.8. The van der Waals surface area contributed by atoms with Crippen LogP contribution in [0.3, 0.4) is 0 Å². The van der Waals surface area contributed by atoms with Crippen molar-refractivity contribution in [1.29, 1.82) is 0 Å². The molecule has 0 bridgehead atoms. The number of benzene rings is 1. The van der Waals surface area contributed by atoms with Crippen molar-refractivity contribution in [1.82, 2.24) is 24.3 Å². The molecule has 1 aliphatic heterocycles. The summed E-state index contributed by atoms with van der Waals surface area (Å²) in [7, 11) is 1.46. The van der Waals surface area contributed by atoms with Gasteiger partial charge < -0.3 is 30.2 Å². The van der Waals surface area contributed by atoms with Gasteiger partial charge in [-0.15, -0.1) is 0 Å². The molecule has 1 saturated heterocycles. The fraction of sp³-hybridized carbons (Fsp3) is 0.367. The lowest BCUT2D eigenvalue weighted by Crippen LogP contribution is -2.51. The number of carbonyl (C=O) groups excluding carboxylic acids is 2. The zero-order valence-corrected chi connectivity index (χ0v) is 26.0. The number of halogens is 4. The third-order valence-corrected chi connectivity index (χ3v) is 7.77. The number of nitrogens with two attached hydrogens (primary N) is 1. The van der Waals surface area contributed by atoms with Crippen molar-refractivity contribution in [3.8, 4) is 17.0 Å². The molecule has 3 aromatic heterocycles. The summed E-state index contributed by atoms with van der Waals surface area (Å²) >= 11 is 6.63. The van der Waals surface area contributed by atoms with Gasteiger partial charge in [-0.1, -0.05) is 11.6 Å². The average Bonchev–Trinajstić information content (AvgIpc) is 3.44. The molecule has 0 aliphatic carbocycles. The minimum absolute atomic E-state index is 0.0882. The maximum absolute atomic E-state index is 13.2. The zero-order chi connectivity index (χ0) is 33.3. The summed E-state index contributed by atoms with van der Waals surface area (Å²) in [5.74, 6) is -0.485. The Hall–Kier alpha value is -4.47. The van der Waals surface area contributed by atoms with Gasteiger partial charge in [0.25, 0.3) is 11.8 Å². The fourth-order valence-corrected chi connectivity index (χ4v) is 5.31. The molecule has 1 fully saturated rings. The van der Waals surface area contributed by atoms with Crippen LogP contribution in [-0.2, 0) is 20.4 Å². The van der Waals surface area contributed by atoms with Crippen molar-refractivity contribution in [3.63, 3.8) is 0 Å². The van der Waals surface area contributed by atoms with Gasteiger partial charge in [0.1, 0.15) is 51.8 Å². The van der Waals surface area contributed by atoms with Gasteiger partial charge in [-0.2, -0.15) is 13.2 Å². The first-order valence-electron chi connectivity index (χ1n) is 14.2. The van der Waals surface area contributed by atoms with E-state index in [2.05, 4.69) is 15.3 Å². The second-order valence-electron chi connectivity index (χ2n) is 10.5. The van der Waals surface area contributed by atoms with E-state index in [1.165, 1.54) is 25.4 Å². The van der Waals surface area contributed by atoms with Crippen LogP contribution in [0.15, 0.2) is 42.7 Å². The van der Waals surface area contributed by atoms with Crippen LogP contribution in [0.25, 0.3) is 16.8 Å². The number of nitrogens with one attached hydrogen (secondary N) is 1. The number of rotatable bonds is 8. The molecule has 3 N–H and O–H groups in total. The molecular weight excluding hydrogens is 631 g/mol. The maximum atomic E-state index is 13.2. The highest BCUT2D eigenvalue weighted by atomic mass is 35.5. The average molecular weight is 662 g/mol. The summed E-state index contributed by atoms with van der Waals surface area (Å²) in [6, 6.07) is 5.81. The van der Waals surface area contributed by atoms with E-state index in [0.29, 0.717) is 22.6 Å². The molecule has 3 atom stereocenters. The van der Waals surface area contributed by atoms with Gasteiger partial charge in [-0.25, -0.2) is 15.0 Å². The van der Waals surface area contributed by atoms with Crippen molar-refractivity contribution in [2.45, 2.75) is 45.2 Å². The Morgan fingerprint density at radius 1 is 1.24 bits per heavy atom. The van der Waals surface area contributed by atoms with Crippen molar-refractivity contribution in [3.05, 3.63) is 64.8 Å². The number of alkyl halides is 3. The van der Waals surface area contributed by atoms with Crippen LogP contribution in [0.4, 0.5) is 24.8 Å². The Balaban J connectivity index is 1.55. The Labute approximate surface area is 266 Å². The van der Waals surface area contributed by atoms with Crippen LogP contribution in [0.2, 0.25) is 5.15 Å². The summed E-state index contributed by atoms with van der Waals surface area (Å²) in [5.41, 5.74) is 6.58. The molecule has 46 heavy (non-hydrogen) atoms. The molecule has 5 rings (SSSR count). The molecule has 1 aliphatic rings. The first-order valence-corrected chi connectivity index (χ1v) is 14.6. The quantitative estimate of drug-likeness (QED) is 0.266. The predicted molar refractivity (Wildman–Crippen MR) is 163 cm³/mol. The maximum Gasteiger partial charge on any atom is 0.416 e. The Morgan fingerprint density at radius 3 is 2.70 bits per heavy atom.